The number of halogens is 3. The topological polar surface area (TPSA) is 42.9 Å². The van der Waals surface area contributed by atoms with E-state index in [9.17, 15) is 9.18 Å². The van der Waals surface area contributed by atoms with E-state index in [0.717, 1.165) is 5.56 Å². The minimum atomic E-state index is -0.302. The highest BCUT2D eigenvalue weighted by molar-refractivity contribution is 6.34. The number of Topliss-reactive ketones (excluding diaryl/α,β-unsaturated/α-hetero) is 1. The summed E-state index contributed by atoms with van der Waals surface area (Å²) >= 11 is 11.4. The second kappa shape index (κ2) is 6.08. The Morgan fingerprint density at radius 1 is 1.21 bits per heavy atom. The Bertz CT molecular complexity index is 602. The standard InChI is InChI=1S/C13H9Cl2FN2O/c14-12-10(7-17-13(15)18-12)11(19)6-3-8-1-4-9(16)5-2-8/h1-2,4-5,7H,3,6H2. The van der Waals surface area contributed by atoms with Crippen molar-refractivity contribution in [3.63, 3.8) is 0 Å². The van der Waals surface area contributed by atoms with Crippen LogP contribution in [0.25, 0.3) is 0 Å². The summed E-state index contributed by atoms with van der Waals surface area (Å²) in [6.45, 7) is 0. The molecule has 6 heteroatoms. The van der Waals surface area contributed by atoms with E-state index in [0.29, 0.717) is 6.42 Å². The fourth-order valence-electron chi connectivity index (χ4n) is 1.57. The summed E-state index contributed by atoms with van der Waals surface area (Å²) < 4.78 is 12.7. The second-order valence-electron chi connectivity index (χ2n) is 3.89. The lowest BCUT2D eigenvalue weighted by Crippen LogP contribution is -2.04. The van der Waals surface area contributed by atoms with Crippen LogP contribution in [0, 0.1) is 5.82 Å². The van der Waals surface area contributed by atoms with Gasteiger partial charge in [-0.05, 0) is 35.7 Å². The summed E-state index contributed by atoms with van der Waals surface area (Å²) in [5.41, 5.74) is 1.12. The van der Waals surface area contributed by atoms with E-state index >= 15 is 0 Å². The third kappa shape index (κ3) is 3.72. The summed E-state index contributed by atoms with van der Waals surface area (Å²) in [7, 11) is 0. The van der Waals surface area contributed by atoms with Crippen LogP contribution in [0.1, 0.15) is 22.3 Å². The molecule has 1 aromatic heterocycles. The Balaban J connectivity index is 2.03. The lowest BCUT2D eigenvalue weighted by atomic mass is 10.0. The summed E-state index contributed by atoms with van der Waals surface area (Å²) in [6, 6.07) is 6.00. The Kier molecular flexibility index (Phi) is 4.45. The van der Waals surface area contributed by atoms with E-state index in [-0.39, 0.29) is 34.0 Å². The Labute approximate surface area is 119 Å². The van der Waals surface area contributed by atoms with Gasteiger partial charge in [0.15, 0.2) is 5.78 Å². The molecule has 0 atom stereocenters. The van der Waals surface area contributed by atoms with Crippen LogP contribution in [-0.4, -0.2) is 15.8 Å². The third-order valence-electron chi connectivity index (χ3n) is 2.57. The molecule has 2 aromatic rings. The van der Waals surface area contributed by atoms with Gasteiger partial charge in [-0.15, -0.1) is 0 Å². The zero-order chi connectivity index (χ0) is 13.8. The number of rotatable bonds is 4. The maximum absolute atomic E-state index is 12.7. The van der Waals surface area contributed by atoms with Gasteiger partial charge in [0, 0.05) is 12.6 Å². The molecule has 0 unspecified atom stereocenters. The molecule has 1 heterocycles. The lowest BCUT2D eigenvalue weighted by molar-refractivity contribution is 0.0982. The third-order valence-corrected chi connectivity index (χ3v) is 3.04. The zero-order valence-corrected chi connectivity index (χ0v) is 11.2. The predicted molar refractivity (Wildman–Crippen MR) is 71.1 cm³/mol. The van der Waals surface area contributed by atoms with Gasteiger partial charge in [0.1, 0.15) is 11.0 Å². The number of carbonyl (C=O) groups excluding carboxylic acids is 1. The van der Waals surface area contributed by atoms with Crippen LogP contribution in [0.4, 0.5) is 4.39 Å². The number of benzene rings is 1. The van der Waals surface area contributed by atoms with Crippen molar-refractivity contribution in [2.45, 2.75) is 12.8 Å². The summed E-state index contributed by atoms with van der Waals surface area (Å²) in [5.74, 6) is -0.477. The number of hydrogen-bond acceptors (Lipinski definition) is 3. The smallest absolute Gasteiger partial charge is 0.223 e. The molecule has 0 amide bonds. The van der Waals surface area contributed by atoms with Gasteiger partial charge in [-0.25, -0.2) is 14.4 Å². The van der Waals surface area contributed by atoms with Crippen LogP contribution >= 0.6 is 23.2 Å². The molecule has 3 nitrogen and oxygen atoms in total. The van der Waals surface area contributed by atoms with Gasteiger partial charge >= 0.3 is 0 Å². The molecule has 0 fully saturated rings. The first-order valence-corrected chi connectivity index (χ1v) is 6.27. The molecular formula is C13H9Cl2FN2O. The van der Waals surface area contributed by atoms with Crippen molar-refractivity contribution in [2.75, 3.05) is 0 Å². The fraction of sp³-hybridized carbons (Fsp3) is 0.154. The van der Waals surface area contributed by atoms with E-state index in [1.807, 2.05) is 0 Å². The van der Waals surface area contributed by atoms with E-state index in [2.05, 4.69) is 9.97 Å². The molecule has 0 spiro atoms. The molecule has 0 aliphatic rings. The molecule has 0 saturated heterocycles. The minimum absolute atomic E-state index is 0.0000783. The minimum Gasteiger partial charge on any atom is -0.294 e. The Morgan fingerprint density at radius 3 is 2.53 bits per heavy atom. The van der Waals surface area contributed by atoms with E-state index in [1.54, 1.807) is 12.1 Å². The number of hydrogen-bond donors (Lipinski definition) is 0. The van der Waals surface area contributed by atoms with Gasteiger partial charge in [0.2, 0.25) is 5.28 Å². The molecule has 0 saturated carbocycles. The molecule has 2 rings (SSSR count). The van der Waals surface area contributed by atoms with Crippen molar-refractivity contribution < 1.29 is 9.18 Å². The highest BCUT2D eigenvalue weighted by Gasteiger charge is 2.12. The van der Waals surface area contributed by atoms with Gasteiger partial charge in [-0.2, -0.15) is 0 Å². The SMILES string of the molecule is O=C(CCc1ccc(F)cc1)c1cnc(Cl)nc1Cl. The van der Waals surface area contributed by atoms with Crippen LogP contribution in [0.5, 0.6) is 0 Å². The molecule has 0 aliphatic carbocycles. The van der Waals surface area contributed by atoms with Gasteiger partial charge in [0.05, 0.1) is 5.56 Å². The number of nitrogens with zero attached hydrogens (tertiary/aromatic N) is 2. The number of ketones is 1. The van der Waals surface area contributed by atoms with E-state index in [1.165, 1.54) is 18.3 Å². The lowest BCUT2D eigenvalue weighted by Gasteiger charge is -2.03. The van der Waals surface area contributed by atoms with Crippen molar-refractivity contribution in [3.8, 4) is 0 Å². The van der Waals surface area contributed by atoms with Gasteiger partial charge in [-0.3, -0.25) is 4.79 Å². The zero-order valence-electron chi connectivity index (χ0n) is 9.74. The first kappa shape index (κ1) is 13.9. The second-order valence-corrected chi connectivity index (χ2v) is 4.59. The Hall–Kier alpha value is -1.52. The molecule has 0 N–H and O–H groups in total. The molecule has 0 aliphatic heterocycles. The maximum Gasteiger partial charge on any atom is 0.223 e. The normalized spacial score (nSPS) is 10.5. The van der Waals surface area contributed by atoms with Gasteiger partial charge in [0.25, 0.3) is 0 Å². The summed E-state index contributed by atoms with van der Waals surface area (Å²) in [5, 5.41) is 0.0455. The number of aromatic nitrogens is 2. The number of aryl methyl sites for hydroxylation is 1. The predicted octanol–water partition coefficient (Wildman–Crippen LogP) is 3.74. The van der Waals surface area contributed by atoms with Crippen molar-refractivity contribution in [1.82, 2.24) is 9.97 Å². The van der Waals surface area contributed by atoms with Crippen molar-refractivity contribution in [3.05, 3.63) is 57.8 Å². The molecular weight excluding hydrogens is 290 g/mol. The molecule has 19 heavy (non-hydrogen) atoms. The molecule has 0 radical (unpaired) electrons. The fourth-order valence-corrected chi connectivity index (χ4v) is 1.98. The average molecular weight is 299 g/mol. The first-order chi connectivity index (χ1) is 9.06. The van der Waals surface area contributed by atoms with Gasteiger partial charge < -0.3 is 0 Å². The van der Waals surface area contributed by atoms with Crippen LogP contribution in [0.3, 0.4) is 0 Å². The van der Waals surface area contributed by atoms with Crippen LogP contribution in [0.15, 0.2) is 30.5 Å². The average Bonchev–Trinajstić information content (AvgIpc) is 2.37. The molecule has 98 valence electrons. The monoisotopic (exact) mass is 298 g/mol. The summed E-state index contributed by atoms with van der Waals surface area (Å²) in [4.78, 5) is 19.4. The van der Waals surface area contributed by atoms with Crippen LogP contribution in [-0.2, 0) is 6.42 Å². The van der Waals surface area contributed by atoms with E-state index in [4.69, 9.17) is 23.2 Å². The van der Waals surface area contributed by atoms with Crippen molar-refractivity contribution >= 4 is 29.0 Å². The number of carbonyl (C=O) groups is 1. The molecule has 1 aromatic carbocycles. The highest BCUT2D eigenvalue weighted by Crippen LogP contribution is 2.17. The van der Waals surface area contributed by atoms with Crippen molar-refractivity contribution in [1.29, 1.82) is 0 Å². The largest absolute Gasteiger partial charge is 0.294 e. The van der Waals surface area contributed by atoms with Gasteiger partial charge in [-0.1, -0.05) is 23.7 Å². The highest BCUT2D eigenvalue weighted by atomic mass is 35.5. The first-order valence-electron chi connectivity index (χ1n) is 5.52. The Morgan fingerprint density at radius 2 is 1.89 bits per heavy atom. The maximum atomic E-state index is 12.7. The van der Waals surface area contributed by atoms with E-state index < -0.39 is 0 Å². The summed E-state index contributed by atoms with van der Waals surface area (Å²) in [6.07, 6.45) is 2.05. The van der Waals surface area contributed by atoms with Crippen molar-refractivity contribution in [2.24, 2.45) is 0 Å². The quantitative estimate of drug-likeness (QED) is 0.491. The molecule has 0 bridgehead atoms. The van der Waals surface area contributed by atoms with Crippen LogP contribution < -0.4 is 0 Å². The van der Waals surface area contributed by atoms with Crippen LogP contribution in [0.2, 0.25) is 10.4 Å².